The summed E-state index contributed by atoms with van der Waals surface area (Å²) in [4.78, 5) is 22.8. The number of fused-ring (bicyclic) bond motifs is 1. The smallest absolute Gasteiger partial charge is 0.340 e. The number of aromatic carboxylic acids is 1. The maximum Gasteiger partial charge on any atom is 0.340 e. The molecule has 0 bridgehead atoms. The highest BCUT2D eigenvalue weighted by Crippen LogP contribution is 2.19. The van der Waals surface area contributed by atoms with Crippen LogP contribution in [0.4, 0.5) is 0 Å². The van der Waals surface area contributed by atoms with Crippen LogP contribution in [0.1, 0.15) is 27.6 Å². The first kappa shape index (κ1) is 11.2. The van der Waals surface area contributed by atoms with E-state index < -0.39 is 11.9 Å². The minimum atomic E-state index is -1.14. The topological polar surface area (TPSA) is 68.0 Å². The summed E-state index contributed by atoms with van der Waals surface area (Å²) in [6, 6.07) is 5.12. The molecule has 0 atom stereocenters. The zero-order chi connectivity index (χ0) is 12.4. The zero-order valence-electron chi connectivity index (χ0n) is 9.21. The van der Waals surface area contributed by atoms with Crippen LogP contribution in [-0.4, -0.2) is 28.1 Å². The van der Waals surface area contributed by atoms with Crippen LogP contribution >= 0.6 is 0 Å². The van der Waals surface area contributed by atoms with Gasteiger partial charge in [0.2, 0.25) is 0 Å². The van der Waals surface area contributed by atoms with Crippen LogP contribution in [0, 0.1) is 0 Å². The van der Waals surface area contributed by atoms with Gasteiger partial charge in [0, 0.05) is 12.4 Å². The van der Waals surface area contributed by atoms with Gasteiger partial charge in [0.25, 0.3) is 0 Å². The van der Waals surface area contributed by atoms with Gasteiger partial charge in [-0.2, -0.15) is 0 Å². The molecule has 0 aliphatic heterocycles. The number of hydrogen-bond acceptors (Lipinski definition) is 3. The molecule has 0 radical (unpaired) electrons. The monoisotopic (exact) mass is 233 g/mol. The van der Waals surface area contributed by atoms with E-state index in [0.29, 0.717) is 5.52 Å². The lowest BCUT2D eigenvalue weighted by molar-refractivity contribution is 0.0515. The van der Waals surface area contributed by atoms with Crippen LogP contribution in [0.3, 0.4) is 0 Å². The van der Waals surface area contributed by atoms with Crippen LogP contribution in [0.25, 0.3) is 5.52 Å². The average molecular weight is 233 g/mol. The van der Waals surface area contributed by atoms with E-state index in [1.54, 1.807) is 35.7 Å². The second-order valence-electron chi connectivity index (χ2n) is 3.44. The molecule has 0 unspecified atom stereocenters. The second-order valence-corrected chi connectivity index (χ2v) is 3.44. The fourth-order valence-electron chi connectivity index (χ4n) is 1.71. The van der Waals surface area contributed by atoms with Gasteiger partial charge in [0.05, 0.1) is 23.3 Å². The van der Waals surface area contributed by atoms with Crippen LogP contribution in [-0.2, 0) is 4.74 Å². The number of aromatic nitrogens is 1. The number of carbonyl (C=O) groups is 2. The van der Waals surface area contributed by atoms with Crippen molar-refractivity contribution in [1.29, 1.82) is 0 Å². The van der Waals surface area contributed by atoms with E-state index in [2.05, 4.69) is 0 Å². The summed E-state index contributed by atoms with van der Waals surface area (Å²) < 4.78 is 6.43. The van der Waals surface area contributed by atoms with Gasteiger partial charge in [0.15, 0.2) is 0 Å². The summed E-state index contributed by atoms with van der Waals surface area (Å²) in [6.45, 7) is 1.89. The number of carboxylic acids is 1. The van der Waals surface area contributed by atoms with Crippen LogP contribution in [0.2, 0.25) is 0 Å². The second kappa shape index (κ2) is 4.29. The van der Waals surface area contributed by atoms with Crippen molar-refractivity contribution in [1.82, 2.24) is 4.40 Å². The SMILES string of the molecule is CCOC(=O)c1cn2ccccc2c1C(=O)O. The predicted molar refractivity (Wildman–Crippen MR) is 60.3 cm³/mol. The van der Waals surface area contributed by atoms with E-state index >= 15 is 0 Å². The molecule has 0 aromatic carbocycles. The highest BCUT2D eigenvalue weighted by Gasteiger charge is 2.22. The first-order valence-electron chi connectivity index (χ1n) is 5.15. The summed E-state index contributed by atoms with van der Waals surface area (Å²) in [5.41, 5.74) is 0.526. The van der Waals surface area contributed by atoms with Gasteiger partial charge in [-0.1, -0.05) is 6.07 Å². The Balaban J connectivity index is 2.66. The number of rotatable bonds is 3. The molecule has 17 heavy (non-hydrogen) atoms. The van der Waals surface area contributed by atoms with Gasteiger partial charge in [-0.15, -0.1) is 0 Å². The van der Waals surface area contributed by atoms with Crippen molar-refractivity contribution in [3.8, 4) is 0 Å². The largest absolute Gasteiger partial charge is 0.478 e. The van der Waals surface area contributed by atoms with E-state index in [0.717, 1.165) is 0 Å². The highest BCUT2D eigenvalue weighted by molar-refractivity contribution is 6.07. The van der Waals surface area contributed by atoms with E-state index in [1.165, 1.54) is 6.20 Å². The molecule has 0 aliphatic carbocycles. The van der Waals surface area contributed by atoms with Crippen LogP contribution < -0.4 is 0 Å². The number of carbonyl (C=O) groups excluding carboxylic acids is 1. The number of nitrogens with zero attached hydrogens (tertiary/aromatic N) is 1. The quantitative estimate of drug-likeness (QED) is 0.821. The van der Waals surface area contributed by atoms with Crippen molar-refractivity contribution < 1.29 is 19.4 Å². The Bertz CT molecular complexity index is 585. The summed E-state index contributed by atoms with van der Waals surface area (Å²) >= 11 is 0. The predicted octanol–water partition coefficient (Wildman–Crippen LogP) is 1.81. The van der Waals surface area contributed by atoms with Gasteiger partial charge in [-0.25, -0.2) is 9.59 Å². The van der Waals surface area contributed by atoms with Gasteiger partial charge in [0.1, 0.15) is 0 Å². The molecular weight excluding hydrogens is 222 g/mol. The van der Waals surface area contributed by atoms with Gasteiger partial charge >= 0.3 is 11.9 Å². The standard InChI is InChI=1S/C12H11NO4/c1-2-17-12(16)8-7-13-6-4-3-5-9(13)10(8)11(14)15/h3-7H,2H2,1H3,(H,14,15). The lowest BCUT2D eigenvalue weighted by Crippen LogP contribution is -2.09. The Morgan fingerprint density at radius 2 is 2.18 bits per heavy atom. The minimum absolute atomic E-state index is 0.0240. The maximum absolute atomic E-state index is 11.6. The molecule has 2 aromatic rings. The minimum Gasteiger partial charge on any atom is -0.478 e. The molecule has 2 rings (SSSR count). The first-order chi connectivity index (χ1) is 8.15. The van der Waals surface area contributed by atoms with Crippen molar-refractivity contribution in [3.63, 3.8) is 0 Å². The van der Waals surface area contributed by atoms with E-state index in [-0.39, 0.29) is 17.7 Å². The molecule has 0 saturated carbocycles. The number of carboxylic acid groups (broad SMARTS) is 1. The van der Waals surface area contributed by atoms with E-state index in [1.807, 2.05) is 0 Å². The lowest BCUT2D eigenvalue weighted by atomic mass is 10.1. The number of ether oxygens (including phenoxy) is 1. The normalized spacial score (nSPS) is 10.4. The Hall–Kier alpha value is -2.30. The Kier molecular flexibility index (Phi) is 2.82. The van der Waals surface area contributed by atoms with Crippen molar-refractivity contribution in [2.24, 2.45) is 0 Å². The molecule has 0 spiro atoms. The third-order valence-corrected chi connectivity index (χ3v) is 2.39. The molecule has 5 nitrogen and oxygen atoms in total. The molecule has 0 aliphatic rings. The zero-order valence-corrected chi connectivity index (χ0v) is 9.21. The fourth-order valence-corrected chi connectivity index (χ4v) is 1.71. The van der Waals surface area contributed by atoms with E-state index in [9.17, 15) is 9.59 Å². The molecule has 2 aromatic heterocycles. The molecule has 0 saturated heterocycles. The maximum atomic E-state index is 11.6. The third-order valence-electron chi connectivity index (χ3n) is 2.39. The lowest BCUT2D eigenvalue weighted by Gasteiger charge is -2.00. The molecule has 0 fully saturated rings. The molecule has 88 valence electrons. The summed E-state index contributed by atoms with van der Waals surface area (Å²) in [7, 11) is 0. The van der Waals surface area contributed by atoms with Gasteiger partial charge in [-0.3, -0.25) is 0 Å². The molecule has 2 heterocycles. The fraction of sp³-hybridized carbons (Fsp3) is 0.167. The molecule has 0 amide bonds. The van der Waals surface area contributed by atoms with Crippen molar-refractivity contribution >= 4 is 17.5 Å². The number of esters is 1. The van der Waals surface area contributed by atoms with Gasteiger partial charge in [-0.05, 0) is 19.1 Å². The Labute approximate surface area is 97.2 Å². The molecule has 1 N–H and O–H groups in total. The number of pyridine rings is 1. The van der Waals surface area contributed by atoms with Crippen molar-refractivity contribution in [2.45, 2.75) is 6.92 Å². The first-order valence-corrected chi connectivity index (χ1v) is 5.15. The van der Waals surface area contributed by atoms with Crippen molar-refractivity contribution in [2.75, 3.05) is 6.61 Å². The van der Waals surface area contributed by atoms with E-state index in [4.69, 9.17) is 9.84 Å². The van der Waals surface area contributed by atoms with Crippen LogP contribution in [0.15, 0.2) is 30.6 Å². The summed E-state index contributed by atoms with van der Waals surface area (Å²) in [5.74, 6) is -1.75. The summed E-state index contributed by atoms with van der Waals surface area (Å²) in [6.07, 6.45) is 3.15. The van der Waals surface area contributed by atoms with Crippen molar-refractivity contribution in [3.05, 3.63) is 41.7 Å². The molecular formula is C12H11NO4. The third kappa shape index (κ3) is 1.87. The van der Waals surface area contributed by atoms with Crippen LogP contribution in [0.5, 0.6) is 0 Å². The molecule has 5 heteroatoms. The Morgan fingerprint density at radius 1 is 1.41 bits per heavy atom. The van der Waals surface area contributed by atoms with Gasteiger partial charge < -0.3 is 14.2 Å². The summed E-state index contributed by atoms with van der Waals surface area (Å²) in [5, 5.41) is 9.15. The Morgan fingerprint density at radius 3 is 2.82 bits per heavy atom. The number of hydrogen-bond donors (Lipinski definition) is 1. The highest BCUT2D eigenvalue weighted by atomic mass is 16.5. The average Bonchev–Trinajstić information content (AvgIpc) is 2.68.